The average Bonchev–Trinajstić information content (AvgIpc) is 3.38. The minimum absolute atomic E-state index is 0.0873. The minimum atomic E-state index is -3.71. The number of nitrogens with zero attached hydrogens (tertiary/aromatic N) is 3. The minimum Gasteiger partial charge on any atom is -0.497 e. The van der Waals surface area contributed by atoms with Gasteiger partial charge in [0.05, 0.1) is 30.1 Å². The van der Waals surface area contributed by atoms with Crippen molar-refractivity contribution < 1.29 is 22.7 Å². The zero-order valence-corrected chi connectivity index (χ0v) is 22.8. The highest BCUT2D eigenvalue weighted by Gasteiger charge is 2.40. The lowest BCUT2D eigenvalue weighted by molar-refractivity contribution is -0.138. The number of hydrogen-bond acceptors (Lipinski definition) is 6. The number of allylic oxidation sites excluding steroid dienone is 4. The first-order chi connectivity index (χ1) is 17.7. The van der Waals surface area contributed by atoms with E-state index in [0.29, 0.717) is 60.7 Å². The van der Waals surface area contributed by atoms with E-state index < -0.39 is 15.4 Å². The van der Waals surface area contributed by atoms with Crippen LogP contribution in [0.1, 0.15) is 49.7 Å². The van der Waals surface area contributed by atoms with E-state index >= 15 is 0 Å². The Morgan fingerprint density at radius 3 is 2.49 bits per heavy atom. The van der Waals surface area contributed by atoms with Crippen LogP contribution in [0.5, 0.6) is 5.75 Å². The second kappa shape index (κ2) is 11.4. The molecule has 0 unspecified atom stereocenters. The van der Waals surface area contributed by atoms with E-state index in [1.165, 1.54) is 9.88 Å². The van der Waals surface area contributed by atoms with Crippen LogP contribution in [-0.4, -0.2) is 69.5 Å². The van der Waals surface area contributed by atoms with E-state index in [9.17, 15) is 18.5 Å². The van der Waals surface area contributed by atoms with E-state index in [-0.39, 0.29) is 25.2 Å². The van der Waals surface area contributed by atoms with Gasteiger partial charge in [0.2, 0.25) is 15.9 Å². The van der Waals surface area contributed by atoms with Gasteiger partial charge in [-0.2, -0.15) is 9.57 Å². The number of amides is 1. The van der Waals surface area contributed by atoms with Crippen molar-refractivity contribution >= 4 is 15.9 Å². The number of carbonyl (C=O) groups excluding carboxylic acids is 1. The lowest BCUT2D eigenvalue weighted by Crippen LogP contribution is -2.45. The molecule has 2 aliphatic heterocycles. The molecular formula is C28H37N3O5S. The summed E-state index contributed by atoms with van der Waals surface area (Å²) in [7, 11) is -2.15. The number of benzene rings is 1. The third kappa shape index (κ3) is 5.62. The Kier molecular flexibility index (Phi) is 8.42. The third-order valence-corrected chi connectivity index (χ3v) is 10.2. The molecule has 3 aliphatic rings. The third-order valence-electron chi connectivity index (χ3n) is 7.91. The van der Waals surface area contributed by atoms with Gasteiger partial charge in [0.15, 0.2) is 0 Å². The summed E-state index contributed by atoms with van der Waals surface area (Å²) in [6.45, 7) is 5.13. The molecule has 200 valence electrons. The van der Waals surface area contributed by atoms with E-state index in [1.54, 1.807) is 38.0 Å². The molecule has 1 aromatic rings. The zero-order valence-electron chi connectivity index (χ0n) is 22.0. The fraction of sp³-hybridized carbons (Fsp3) is 0.571. The van der Waals surface area contributed by atoms with Crippen LogP contribution in [0.25, 0.3) is 0 Å². The lowest BCUT2D eigenvalue weighted by Gasteiger charge is -2.39. The zero-order chi connectivity index (χ0) is 26.6. The molecule has 9 heteroatoms. The van der Waals surface area contributed by atoms with Gasteiger partial charge in [-0.1, -0.05) is 18.2 Å². The normalized spacial score (nSPS) is 21.9. The summed E-state index contributed by atoms with van der Waals surface area (Å²) in [4.78, 5) is 14.9. The predicted molar refractivity (Wildman–Crippen MR) is 141 cm³/mol. The van der Waals surface area contributed by atoms with Crippen LogP contribution >= 0.6 is 0 Å². The molecule has 0 saturated carbocycles. The number of likely N-dealkylation sites (tertiary alicyclic amines) is 1. The van der Waals surface area contributed by atoms with Crippen molar-refractivity contribution in [2.75, 3.05) is 40.0 Å². The fourth-order valence-electron chi connectivity index (χ4n) is 5.86. The summed E-state index contributed by atoms with van der Waals surface area (Å²) in [5.41, 5.74) is 1.98. The summed E-state index contributed by atoms with van der Waals surface area (Å²) in [6, 6.07) is 5.70. The number of ether oxygens (including phenoxy) is 2. The second-order valence-electron chi connectivity index (χ2n) is 10.3. The maximum atomic E-state index is 13.6. The maximum Gasteiger partial charge on any atom is 0.248 e. The Hall–Kier alpha value is -2.67. The highest BCUT2D eigenvalue weighted by molar-refractivity contribution is 7.89. The van der Waals surface area contributed by atoms with E-state index in [1.807, 2.05) is 6.08 Å². The number of rotatable bonds is 8. The molecule has 0 radical (unpaired) electrons. The Bertz CT molecular complexity index is 1200. The van der Waals surface area contributed by atoms with Crippen LogP contribution in [0.3, 0.4) is 0 Å². The number of piperidine rings is 1. The molecular weight excluding hydrogens is 490 g/mol. The first-order valence-corrected chi connectivity index (χ1v) is 14.5. The maximum absolute atomic E-state index is 13.6. The number of sulfonamides is 1. The highest BCUT2D eigenvalue weighted by Crippen LogP contribution is 2.41. The standard InChI is InChI=1S/C28H37N3O5S/c1-21-16-25(35-3)17-22(2)27(21)37(33,34)31-13-7-10-24(31)18-36-19-26(32)30-14-11-28(20-29,12-15-30)23-8-5-4-6-9-23/h4-5,8,16-17,24H,6-7,9-15,18-19H2,1-3H3/t24-/m0/s1. The largest absolute Gasteiger partial charge is 0.497 e. The molecule has 1 atom stereocenters. The molecule has 1 aliphatic carbocycles. The molecule has 2 heterocycles. The van der Waals surface area contributed by atoms with Gasteiger partial charge in [-0.05, 0) is 81.2 Å². The summed E-state index contributed by atoms with van der Waals surface area (Å²) < 4.78 is 39.7. The number of aryl methyl sites for hydroxylation is 2. The van der Waals surface area contributed by atoms with Gasteiger partial charge in [0.1, 0.15) is 12.4 Å². The average molecular weight is 528 g/mol. The topological polar surface area (TPSA) is 99.9 Å². The van der Waals surface area contributed by atoms with Gasteiger partial charge in [0, 0.05) is 25.7 Å². The lowest BCUT2D eigenvalue weighted by atomic mass is 9.71. The van der Waals surface area contributed by atoms with Gasteiger partial charge in [0.25, 0.3) is 0 Å². The Morgan fingerprint density at radius 1 is 1.19 bits per heavy atom. The quantitative estimate of drug-likeness (QED) is 0.509. The molecule has 4 rings (SSSR count). The molecule has 2 fully saturated rings. The first kappa shape index (κ1) is 27.4. The number of methoxy groups -OCH3 is 1. The van der Waals surface area contributed by atoms with Crippen molar-refractivity contribution in [1.82, 2.24) is 9.21 Å². The molecule has 0 spiro atoms. The molecule has 1 aromatic carbocycles. The van der Waals surface area contributed by atoms with Crippen LogP contribution in [0.15, 0.2) is 40.8 Å². The van der Waals surface area contributed by atoms with Gasteiger partial charge >= 0.3 is 0 Å². The number of carbonyl (C=O) groups is 1. The van der Waals surface area contributed by atoms with Crippen LogP contribution in [0, 0.1) is 30.6 Å². The van der Waals surface area contributed by atoms with E-state index in [2.05, 4.69) is 18.2 Å². The van der Waals surface area contributed by atoms with E-state index in [0.717, 1.165) is 19.3 Å². The van der Waals surface area contributed by atoms with Gasteiger partial charge in [-0.15, -0.1) is 0 Å². The van der Waals surface area contributed by atoms with Gasteiger partial charge in [-0.3, -0.25) is 4.79 Å². The predicted octanol–water partition coefficient (Wildman–Crippen LogP) is 3.89. The highest BCUT2D eigenvalue weighted by atomic mass is 32.2. The summed E-state index contributed by atoms with van der Waals surface area (Å²) in [5.74, 6) is 0.518. The summed E-state index contributed by atoms with van der Waals surface area (Å²) in [5, 5.41) is 9.91. The molecule has 0 N–H and O–H groups in total. The Balaban J connectivity index is 1.33. The molecule has 2 saturated heterocycles. The second-order valence-corrected chi connectivity index (χ2v) is 12.1. The Labute approximate surface area is 220 Å². The molecule has 1 amide bonds. The fourth-order valence-corrected chi connectivity index (χ4v) is 7.96. The Morgan fingerprint density at radius 2 is 1.89 bits per heavy atom. The van der Waals surface area contributed by atoms with Crippen molar-refractivity contribution in [2.24, 2.45) is 5.41 Å². The summed E-state index contributed by atoms with van der Waals surface area (Å²) >= 11 is 0. The molecule has 0 bridgehead atoms. The molecule has 8 nitrogen and oxygen atoms in total. The van der Waals surface area contributed by atoms with Crippen molar-refractivity contribution in [1.29, 1.82) is 5.26 Å². The number of nitriles is 1. The summed E-state index contributed by atoms with van der Waals surface area (Å²) in [6.07, 6.45) is 10.8. The van der Waals surface area contributed by atoms with Crippen molar-refractivity contribution in [3.63, 3.8) is 0 Å². The van der Waals surface area contributed by atoms with Crippen molar-refractivity contribution in [3.05, 3.63) is 47.1 Å². The van der Waals surface area contributed by atoms with Crippen molar-refractivity contribution in [2.45, 2.75) is 63.3 Å². The van der Waals surface area contributed by atoms with Gasteiger partial charge in [-0.25, -0.2) is 8.42 Å². The van der Waals surface area contributed by atoms with Crippen LogP contribution < -0.4 is 4.74 Å². The first-order valence-electron chi connectivity index (χ1n) is 13.0. The van der Waals surface area contributed by atoms with Crippen LogP contribution in [0.4, 0.5) is 0 Å². The molecule has 37 heavy (non-hydrogen) atoms. The van der Waals surface area contributed by atoms with E-state index in [4.69, 9.17) is 9.47 Å². The smallest absolute Gasteiger partial charge is 0.248 e. The van der Waals surface area contributed by atoms with Crippen molar-refractivity contribution in [3.8, 4) is 11.8 Å². The molecule has 0 aromatic heterocycles. The van der Waals surface area contributed by atoms with Crippen LogP contribution in [-0.2, 0) is 19.6 Å². The SMILES string of the molecule is COc1cc(C)c(S(=O)(=O)N2CCC[C@H]2COCC(=O)N2CCC(C#N)(C3=CC=CCC3)CC2)c(C)c1. The number of hydrogen-bond donors (Lipinski definition) is 0. The van der Waals surface area contributed by atoms with Gasteiger partial charge < -0.3 is 14.4 Å². The van der Waals surface area contributed by atoms with Crippen LogP contribution in [0.2, 0.25) is 0 Å². The monoisotopic (exact) mass is 527 g/mol.